The second-order valence-corrected chi connectivity index (χ2v) is 10.1. The van der Waals surface area contributed by atoms with E-state index in [9.17, 15) is 9.90 Å². The van der Waals surface area contributed by atoms with Crippen LogP contribution in [0, 0.1) is 0 Å². The average Bonchev–Trinajstić information content (AvgIpc) is 2.27. The summed E-state index contributed by atoms with van der Waals surface area (Å²) in [5.41, 5.74) is 0.546. The first kappa shape index (κ1) is 15.2. The van der Waals surface area contributed by atoms with Crippen LogP contribution in [-0.2, 0) is 9.53 Å². The summed E-state index contributed by atoms with van der Waals surface area (Å²) in [6, 6.07) is 8.65. The summed E-state index contributed by atoms with van der Waals surface area (Å²) < 4.78 is 4.38. The van der Waals surface area contributed by atoms with Gasteiger partial charge < -0.3 is 9.84 Å². The van der Waals surface area contributed by atoms with Gasteiger partial charge in [-0.15, -0.1) is 0 Å². The van der Waals surface area contributed by atoms with E-state index in [1.165, 1.54) is 7.11 Å². The van der Waals surface area contributed by atoms with Crippen molar-refractivity contribution >= 4 is 20.3 Å². The van der Waals surface area contributed by atoms with Crippen molar-refractivity contribution in [1.29, 1.82) is 0 Å². The molecule has 0 fully saturated rings. The number of esters is 1. The Kier molecular flexibility index (Phi) is 7.94. The Bertz CT molecular complexity index is 296. The molecule has 0 aliphatic heterocycles. The van der Waals surface area contributed by atoms with Crippen molar-refractivity contribution in [2.45, 2.75) is 23.4 Å². The fraction of sp³-hybridized carbons (Fsp3) is 0.417. The van der Waals surface area contributed by atoms with Crippen molar-refractivity contribution < 1.29 is 14.6 Å². The Hall–Kier alpha value is -0.807. The van der Waals surface area contributed by atoms with E-state index < -0.39 is 12.1 Å². The number of carbonyl (C=O) groups is 1. The molecule has 1 aromatic carbocycles. The summed E-state index contributed by atoms with van der Waals surface area (Å²) >= 11 is -0.333. The van der Waals surface area contributed by atoms with E-state index >= 15 is 0 Å². The van der Waals surface area contributed by atoms with Crippen LogP contribution in [0.1, 0.15) is 11.7 Å². The normalized spacial score (nSPS) is 11.4. The first-order valence-electron chi connectivity index (χ1n) is 5.06. The Morgan fingerprint density at radius 2 is 1.69 bits per heavy atom. The number of hydrogen-bond donors (Lipinski definition) is 1. The molecule has 0 aliphatic rings. The van der Waals surface area contributed by atoms with Crippen LogP contribution >= 0.6 is 0 Å². The van der Waals surface area contributed by atoms with Crippen molar-refractivity contribution in [1.82, 2.24) is 0 Å². The van der Waals surface area contributed by atoms with Gasteiger partial charge in [-0.1, -0.05) is 30.3 Å². The molecule has 4 heteroatoms. The van der Waals surface area contributed by atoms with Crippen molar-refractivity contribution in [3.63, 3.8) is 0 Å². The van der Waals surface area contributed by atoms with Gasteiger partial charge in [0.25, 0.3) is 0 Å². The van der Waals surface area contributed by atoms with E-state index in [2.05, 4.69) is 22.0 Å². The minimum absolute atomic E-state index is 0.333. The number of aliphatic hydroxyl groups excluding tert-OH is 1. The van der Waals surface area contributed by atoms with E-state index in [-0.39, 0.29) is 14.3 Å². The molecule has 1 aromatic rings. The zero-order valence-corrected chi connectivity index (χ0v) is 12.3. The monoisotopic (exact) mass is 285 g/mol. The SMILES string of the molecule is COC(=O)C(O)c1ccccc1.[CH3][Ge]([CH3])[CH3]. The molecule has 0 saturated heterocycles. The van der Waals surface area contributed by atoms with E-state index in [1.807, 2.05) is 6.07 Å². The Labute approximate surface area is 102 Å². The Morgan fingerprint density at radius 1 is 1.25 bits per heavy atom. The fourth-order valence-electron chi connectivity index (χ4n) is 0.883. The minimum atomic E-state index is -1.17. The third-order valence-corrected chi connectivity index (χ3v) is 1.54. The van der Waals surface area contributed by atoms with E-state index in [4.69, 9.17) is 0 Å². The molecule has 89 valence electrons. The van der Waals surface area contributed by atoms with Crippen LogP contribution in [0.25, 0.3) is 0 Å². The average molecular weight is 284 g/mol. The van der Waals surface area contributed by atoms with E-state index in [0.717, 1.165) is 0 Å². The van der Waals surface area contributed by atoms with Gasteiger partial charge in [0.1, 0.15) is 0 Å². The number of aliphatic hydroxyl groups is 1. The summed E-state index contributed by atoms with van der Waals surface area (Å²) in [6.45, 7) is 0. The zero-order valence-electron chi connectivity index (χ0n) is 10.2. The molecular formula is C12H19GeO3. The number of carbonyl (C=O) groups excluding carboxylic acids is 1. The second-order valence-electron chi connectivity index (χ2n) is 3.84. The molecule has 16 heavy (non-hydrogen) atoms. The Balaban J connectivity index is 0.000000487. The molecular weight excluding hydrogens is 265 g/mol. The zero-order chi connectivity index (χ0) is 12.6. The predicted molar refractivity (Wildman–Crippen MR) is 66.8 cm³/mol. The van der Waals surface area contributed by atoms with Gasteiger partial charge in [-0.2, -0.15) is 0 Å². The molecule has 0 saturated carbocycles. The first-order valence-corrected chi connectivity index (χ1v) is 11.4. The van der Waals surface area contributed by atoms with Crippen LogP contribution in [0.4, 0.5) is 0 Å². The molecule has 1 atom stereocenters. The predicted octanol–water partition coefficient (Wildman–Crippen LogP) is 2.26. The molecule has 1 unspecified atom stereocenters. The maximum absolute atomic E-state index is 10.8. The van der Waals surface area contributed by atoms with Crippen molar-refractivity contribution in [3.8, 4) is 0 Å². The molecule has 0 amide bonds. The standard InChI is InChI=1S/C9H10O3.C3H9Ge/c1-12-9(11)8(10)7-5-3-2-4-6-7;1-4(2)3/h2-6,8,10H,1H3;1-3H3. The summed E-state index contributed by atoms with van der Waals surface area (Å²) in [5, 5.41) is 9.31. The molecule has 1 radical (unpaired) electrons. The number of rotatable bonds is 2. The molecule has 1 N–H and O–H groups in total. The van der Waals surface area contributed by atoms with E-state index in [0.29, 0.717) is 5.56 Å². The van der Waals surface area contributed by atoms with Gasteiger partial charge in [0.2, 0.25) is 0 Å². The van der Waals surface area contributed by atoms with Crippen LogP contribution < -0.4 is 0 Å². The van der Waals surface area contributed by atoms with Gasteiger partial charge in [-0.3, -0.25) is 0 Å². The van der Waals surface area contributed by atoms with Gasteiger partial charge in [0.15, 0.2) is 6.10 Å². The second kappa shape index (κ2) is 8.36. The van der Waals surface area contributed by atoms with Crippen LogP contribution in [-0.4, -0.2) is 32.5 Å². The molecule has 0 spiro atoms. The topological polar surface area (TPSA) is 46.5 Å². The maximum atomic E-state index is 10.8. The molecule has 1 rings (SSSR count). The van der Waals surface area contributed by atoms with Crippen molar-refractivity contribution in [3.05, 3.63) is 35.9 Å². The third kappa shape index (κ3) is 6.64. The van der Waals surface area contributed by atoms with Gasteiger partial charge in [0.05, 0.1) is 7.11 Å². The fourth-order valence-corrected chi connectivity index (χ4v) is 0.883. The molecule has 3 nitrogen and oxygen atoms in total. The van der Waals surface area contributed by atoms with Crippen molar-refractivity contribution in [2.24, 2.45) is 0 Å². The quantitative estimate of drug-likeness (QED) is 0.669. The number of methoxy groups -OCH3 is 1. The molecule has 0 heterocycles. The first-order chi connectivity index (χ1) is 7.49. The van der Waals surface area contributed by atoms with Crippen LogP contribution in [0.5, 0.6) is 0 Å². The van der Waals surface area contributed by atoms with Gasteiger partial charge in [0, 0.05) is 0 Å². The Morgan fingerprint density at radius 3 is 2.06 bits per heavy atom. The molecule has 0 aromatic heterocycles. The van der Waals surface area contributed by atoms with E-state index in [1.54, 1.807) is 24.3 Å². The number of benzene rings is 1. The van der Waals surface area contributed by atoms with Crippen LogP contribution in [0.15, 0.2) is 30.3 Å². The molecule has 0 bridgehead atoms. The number of hydrogen-bond acceptors (Lipinski definition) is 3. The summed E-state index contributed by atoms with van der Waals surface area (Å²) in [6.07, 6.45) is -1.17. The number of ether oxygens (including phenoxy) is 1. The molecule has 0 aliphatic carbocycles. The summed E-state index contributed by atoms with van der Waals surface area (Å²) in [7, 11) is 1.24. The van der Waals surface area contributed by atoms with Crippen molar-refractivity contribution in [2.75, 3.05) is 7.11 Å². The van der Waals surface area contributed by atoms with Gasteiger partial charge in [-0.05, 0) is 5.56 Å². The van der Waals surface area contributed by atoms with Gasteiger partial charge >= 0.3 is 37.6 Å². The van der Waals surface area contributed by atoms with Crippen LogP contribution in [0.3, 0.4) is 0 Å². The summed E-state index contributed by atoms with van der Waals surface area (Å²) in [5.74, 6) is 6.36. The third-order valence-electron chi connectivity index (χ3n) is 1.54. The van der Waals surface area contributed by atoms with Crippen LogP contribution in [0.2, 0.25) is 17.3 Å². The van der Waals surface area contributed by atoms with Gasteiger partial charge in [-0.25, -0.2) is 4.79 Å². The summed E-state index contributed by atoms with van der Waals surface area (Å²) in [4.78, 5) is 10.8.